The third-order valence-electron chi connectivity index (χ3n) is 5.81. The van der Waals surface area contributed by atoms with Gasteiger partial charge in [0.2, 0.25) is 0 Å². The molecule has 9 heteroatoms. The first-order valence-corrected chi connectivity index (χ1v) is 13.1. The summed E-state index contributed by atoms with van der Waals surface area (Å²) in [6.07, 6.45) is 2.26. The Balaban J connectivity index is 1.34. The van der Waals surface area contributed by atoms with E-state index >= 15 is 0 Å². The summed E-state index contributed by atoms with van der Waals surface area (Å²) >= 11 is 6.32. The molecule has 0 aliphatic carbocycles. The molecule has 184 valence electrons. The summed E-state index contributed by atoms with van der Waals surface area (Å²) in [5.74, 6) is 0.730. The molecule has 4 rings (SSSR count). The lowest BCUT2D eigenvalue weighted by molar-refractivity contribution is -0.123. The van der Waals surface area contributed by atoms with Crippen molar-refractivity contribution in [3.63, 3.8) is 0 Å². The number of methoxy groups -OCH3 is 1. The number of anilines is 1. The summed E-state index contributed by atoms with van der Waals surface area (Å²) in [5, 5.41) is 2.92. The molecule has 0 aromatic heterocycles. The first kappa shape index (κ1) is 24.9. The number of hydrogen-bond acceptors (Lipinski definition) is 5. The van der Waals surface area contributed by atoms with Crippen molar-refractivity contribution in [2.75, 3.05) is 31.1 Å². The van der Waals surface area contributed by atoms with Gasteiger partial charge < -0.3 is 14.8 Å². The number of fused-ring (bicyclic) bond motifs is 1. The number of benzene rings is 3. The highest BCUT2D eigenvalue weighted by atomic mass is 35.5. The van der Waals surface area contributed by atoms with E-state index in [4.69, 9.17) is 21.1 Å². The van der Waals surface area contributed by atoms with E-state index in [0.717, 1.165) is 29.7 Å². The van der Waals surface area contributed by atoms with E-state index in [0.29, 0.717) is 25.2 Å². The van der Waals surface area contributed by atoms with Crippen molar-refractivity contribution in [3.8, 4) is 11.5 Å². The average molecular weight is 515 g/mol. The maximum Gasteiger partial charge on any atom is 0.264 e. The molecule has 1 heterocycles. The molecule has 1 amide bonds. The van der Waals surface area contributed by atoms with Crippen LogP contribution in [0.25, 0.3) is 0 Å². The SMILES string of the molecule is COc1ccc(CCNC(=O)COc2ccc(S(=O)(=O)N3CCCc4ccccc43)cc2Cl)cc1. The Hall–Kier alpha value is -3.23. The first-order valence-electron chi connectivity index (χ1n) is 11.3. The molecular formula is C26H27ClN2O5S. The van der Waals surface area contributed by atoms with Crippen molar-refractivity contribution >= 4 is 33.2 Å². The normalized spacial score (nSPS) is 13.1. The highest BCUT2D eigenvalue weighted by molar-refractivity contribution is 7.92. The van der Waals surface area contributed by atoms with Crippen molar-refractivity contribution in [1.82, 2.24) is 5.32 Å². The number of nitrogens with zero attached hydrogens (tertiary/aromatic N) is 1. The Kier molecular flexibility index (Phi) is 7.83. The number of carbonyl (C=O) groups is 1. The quantitative estimate of drug-likeness (QED) is 0.462. The minimum atomic E-state index is -3.78. The maximum atomic E-state index is 13.3. The van der Waals surface area contributed by atoms with Crippen LogP contribution in [0.4, 0.5) is 5.69 Å². The highest BCUT2D eigenvalue weighted by Crippen LogP contribution is 2.34. The van der Waals surface area contributed by atoms with Gasteiger partial charge in [-0.3, -0.25) is 9.10 Å². The molecule has 1 N–H and O–H groups in total. The molecular weight excluding hydrogens is 488 g/mol. The van der Waals surface area contributed by atoms with Gasteiger partial charge in [-0.15, -0.1) is 0 Å². The van der Waals surface area contributed by atoms with Gasteiger partial charge in [0.05, 0.1) is 22.7 Å². The van der Waals surface area contributed by atoms with E-state index < -0.39 is 10.0 Å². The Morgan fingerprint density at radius 3 is 2.60 bits per heavy atom. The van der Waals surface area contributed by atoms with E-state index in [1.165, 1.54) is 22.5 Å². The molecule has 7 nitrogen and oxygen atoms in total. The second-order valence-electron chi connectivity index (χ2n) is 8.14. The number of hydrogen-bond donors (Lipinski definition) is 1. The van der Waals surface area contributed by atoms with Crippen molar-refractivity contribution < 1.29 is 22.7 Å². The fourth-order valence-corrected chi connectivity index (χ4v) is 5.84. The van der Waals surface area contributed by atoms with E-state index in [-0.39, 0.29) is 28.2 Å². The lowest BCUT2D eigenvalue weighted by atomic mass is 10.0. The van der Waals surface area contributed by atoms with Gasteiger partial charge in [-0.1, -0.05) is 41.9 Å². The number of sulfonamides is 1. The van der Waals surface area contributed by atoms with Gasteiger partial charge in [-0.2, -0.15) is 0 Å². The zero-order valence-electron chi connectivity index (χ0n) is 19.4. The van der Waals surface area contributed by atoms with Crippen LogP contribution in [0.5, 0.6) is 11.5 Å². The monoisotopic (exact) mass is 514 g/mol. The Labute approximate surface area is 210 Å². The van der Waals surface area contributed by atoms with Gasteiger partial charge in [-0.05, 0) is 66.8 Å². The third-order valence-corrected chi connectivity index (χ3v) is 7.92. The molecule has 1 aliphatic rings. The van der Waals surface area contributed by atoms with Crippen LogP contribution in [0.3, 0.4) is 0 Å². The largest absolute Gasteiger partial charge is 0.497 e. The van der Waals surface area contributed by atoms with E-state index in [1.54, 1.807) is 7.11 Å². The summed E-state index contributed by atoms with van der Waals surface area (Å²) in [7, 11) is -2.17. The summed E-state index contributed by atoms with van der Waals surface area (Å²) in [4.78, 5) is 12.2. The predicted molar refractivity (Wildman–Crippen MR) is 136 cm³/mol. The van der Waals surface area contributed by atoms with Gasteiger partial charge in [0, 0.05) is 13.1 Å². The lowest BCUT2D eigenvalue weighted by Gasteiger charge is -2.30. The Bertz CT molecular complexity index is 1300. The summed E-state index contributed by atoms with van der Waals surface area (Å²) in [6.45, 7) is 0.636. The molecule has 0 bridgehead atoms. The van der Waals surface area contributed by atoms with Crippen molar-refractivity contribution in [3.05, 3.63) is 82.9 Å². The highest BCUT2D eigenvalue weighted by Gasteiger charge is 2.29. The Morgan fingerprint density at radius 2 is 1.86 bits per heavy atom. The smallest absolute Gasteiger partial charge is 0.264 e. The molecule has 35 heavy (non-hydrogen) atoms. The van der Waals surface area contributed by atoms with Crippen molar-refractivity contribution in [2.45, 2.75) is 24.2 Å². The van der Waals surface area contributed by atoms with Crippen LogP contribution in [0.1, 0.15) is 17.5 Å². The number of nitrogens with one attached hydrogen (secondary N) is 1. The second kappa shape index (κ2) is 11.0. The molecule has 0 saturated heterocycles. The minimum absolute atomic E-state index is 0.0792. The van der Waals surface area contributed by atoms with E-state index in [9.17, 15) is 13.2 Å². The zero-order chi connectivity index (χ0) is 24.8. The lowest BCUT2D eigenvalue weighted by Crippen LogP contribution is -2.35. The fourth-order valence-electron chi connectivity index (χ4n) is 3.97. The number of para-hydroxylation sites is 1. The van der Waals surface area contributed by atoms with Gasteiger partial charge in [0.25, 0.3) is 15.9 Å². The van der Waals surface area contributed by atoms with E-state index in [1.807, 2.05) is 48.5 Å². The zero-order valence-corrected chi connectivity index (χ0v) is 20.9. The Morgan fingerprint density at radius 1 is 1.09 bits per heavy atom. The molecule has 0 fully saturated rings. The van der Waals surface area contributed by atoms with Gasteiger partial charge in [-0.25, -0.2) is 8.42 Å². The van der Waals surface area contributed by atoms with Gasteiger partial charge >= 0.3 is 0 Å². The van der Waals surface area contributed by atoms with E-state index in [2.05, 4.69) is 5.32 Å². The second-order valence-corrected chi connectivity index (χ2v) is 10.4. The van der Waals surface area contributed by atoms with Crippen LogP contribution in [-0.4, -0.2) is 41.1 Å². The number of aryl methyl sites for hydroxylation is 1. The molecule has 1 aliphatic heterocycles. The van der Waals surface area contributed by atoms with Crippen LogP contribution in [-0.2, 0) is 27.7 Å². The van der Waals surface area contributed by atoms with Crippen molar-refractivity contribution in [1.29, 1.82) is 0 Å². The summed E-state index contributed by atoms with van der Waals surface area (Å²) < 4.78 is 38.7. The summed E-state index contributed by atoms with van der Waals surface area (Å²) in [6, 6.07) is 19.4. The van der Waals surface area contributed by atoms with Crippen LogP contribution in [0.15, 0.2) is 71.6 Å². The van der Waals surface area contributed by atoms with Crippen LogP contribution >= 0.6 is 11.6 Å². The average Bonchev–Trinajstić information content (AvgIpc) is 2.88. The number of halogens is 1. The fraction of sp³-hybridized carbons (Fsp3) is 0.269. The first-order chi connectivity index (χ1) is 16.9. The number of ether oxygens (including phenoxy) is 2. The van der Waals surface area contributed by atoms with Crippen LogP contribution in [0, 0.1) is 0 Å². The van der Waals surface area contributed by atoms with Gasteiger partial charge in [0.15, 0.2) is 6.61 Å². The molecule has 0 radical (unpaired) electrons. The molecule has 0 saturated carbocycles. The maximum absolute atomic E-state index is 13.3. The van der Waals surface area contributed by atoms with Crippen LogP contribution in [0.2, 0.25) is 5.02 Å². The molecule has 3 aromatic rings. The molecule has 3 aromatic carbocycles. The summed E-state index contributed by atoms with van der Waals surface area (Å²) in [5.41, 5.74) is 2.77. The molecule has 0 spiro atoms. The van der Waals surface area contributed by atoms with Gasteiger partial charge in [0.1, 0.15) is 11.5 Å². The number of carbonyl (C=O) groups excluding carboxylic acids is 1. The standard InChI is InChI=1S/C26H27ClN2O5S/c1-33-21-10-8-19(9-11-21)14-15-28-26(30)18-34-25-13-12-22(17-23(25)27)35(31,32)29-16-4-6-20-5-2-3-7-24(20)29/h2-3,5,7-13,17H,4,6,14-16,18H2,1H3,(H,28,30). The predicted octanol–water partition coefficient (Wildman–Crippen LogP) is 4.23. The third kappa shape index (κ3) is 5.89. The van der Waals surface area contributed by atoms with Crippen molar-refractivity contribution in [2.24, 2.45) is 0 Å². The topological polar surface area (TPSA) is 84.9 Å². The number of rotatable bonds is 9. The number of amides is 1. The minimum Gasteiger partial charge on any atom is -0.497 e. The molecule has 0 unspecified atom stereocenters. The molecule has 0 atom stereocenters. The van der Waals surface area contributed by atoms with Crippen LogP contribution < -0.4 is 19.1 Å².